The summed E-state index contributed by atoms with van der Waals surface area (Å²) in [5.41, 5.74) is 0. The quantitative estimate of drug-likeness (QED) is 0.672. The summed E-state index contributed by atoms with van der Waals surface area (Å²) in [6, 6.07) is 0. The van der Waals surface area contributed by atoms with E-state index in [2.05, 4.69) is 0 Å². The normalized spacial score (nSPS) is 24.2. The Morgan fingerprint density at radius 1 is 1.77 bits per heavy atom. The van der Waals surface area contributed by atoms with Crippen molar-refractivity contribution in [1.29, 1.82) is 0 Å². The molecule has 0 aromatic carbocycles. The van der Waals surface area contributed by atoms with Crippen LogP contribution in [0.4, 0.5) is 0 Å². The predicted molar refractivity (Wildman–Crippen MR) is 49.2 cm³/mol. The SMILES string of the molecule is CC(O)CCC[C@H]1CC=CC(=O)O1. The van der Waals surface area contributed by atoms with Crippen LogP contribution in [0.25, 0.3) is 0 Å². The van der Waals surface area contributed by atoms with Crippen molar-refractivity contribution >= 4 is 5.97 Å². The summed E-state index contributed by atoms with van der Waals surface area (Å²) in [4.78, 5) is 10.8. The minimum atomic E-state index is -0.255. The van der Waals surface area contributed by atoms with Crippen LogP contribution in [0.2, 0.25) is 0 Å². The molecule has 1 unspecified atom stereocenters. The number of carbonyl (C=O) groups is 1. The highest BCUT2D eigenvalue weighted by Gasteiger charge is 2.15. The van der Waals surface area contributed by atoms with Gasteiger partial charge >= 0.3 is 5.97 Å². The lowest BCUT2D eigenvalue weighted by molar-refractivity contribution is -0.144. The summed E-state index contributed by atoms with van der Waals surface area (Å²) in [5.74, 6) is -0.242. The number of ether oxygens (including phenoxy) is 1. The Balaban J connectivity index is 2.15. The van der Waals surface area contributed by atoms with Crippen LogP contribution in [-0.2, 0) is 9.53 Å². The number of aliphatic hydroxyl groups is 1. The molecule has 1 rings (SSSR count). The fraction of sp³-hybridized carbons (Fsp3) is 0.700. The van der Waals surface area contributed by atoms with E-state index in [1.807, 2.05) is 6.08 Å². The summed E-state index contributed by atoms with van der Waals surface area (Å²) >= 11 is 0. The molecular weight excluding hydrogens is 168 g/mol. The number of hydrogen-bond acceptors (Lipinski definition) is 3. The minimum Gasteiger partial charge on any atom is -0.459 e. The van der Waals surface area contributed by atoms with Crippen molar-refractivity contribution < 1.29 is 14.6 Å². The topological polar surface area (TPSA) is 46.5 Å². The Morgan fingerprint density at radius 3 is 3.15 bits per heavy atom. The van der Waals surface area contributed by atoms with Gasteiger partial charge in [-0.25, -0.2) is 4.79 Å². The number of hydrogen-bond donors (Lipinski definition) is 1. The van der Waals surface area contributed by atoms with Crippen molar-refractivity contribution in [2.75, 3.05) is 0 Å². The molecule has 2 atom stereocenters. The van der Waals surface area contributed by atoms with Crippen LogP contribution in [0.15, 0.2) is 12.2 Å². The molecule has 0 amide bonds. The van der Waals surface area contributed by atoms with Crippen molar-refractivity contribution in [3.63, 3.8) is 0 Å². The van der Waals surface area contributed by atoms with Gasteiger partial charge in [0.25, 0.3) is 0 Å². The second kappa shape index (κ2) is 5.02. The van der Waals surface area contributed by atoms with Crippen LogP contribution < -0.4 is 0 Å². The van der Waals surface area contributed by atoms with Crippen LogP contribution in [-0.4, -0.2) is 23.3 Å². The monoisotopic (exact) mass is 184 g/mol. The zero-order valence-corrected chi connectivity index (χ0v) is 7.90. The third-order valence-electron chi connectivity index (χ3n) is 2.08. The molecule has 3 heteroatoms. The van der Waals surface area contributed by atoms with E-state index in [0.717, 1.165) is 25.7 Å². The van der Waals surface area contributed by atoms with Crippen LogP contribution in [0.1, 0.15) is 32.6 Å². The molecule has 1 heterocycles. The smallest absolute Gasteiger partial charge is 0.330 e. The molecule has 0 spiro atoms. The number of esters is 1. The highest BCUT2D eigenvalue weighted by Crippen LogP contribution is 2.14. The van der Waals surface area contributed by atoms with Gasteiger partial charge in [0.2, 0.25) is 0 Å². The maximum atomic E-state index is 10.8. The first kappa shape index (κ1) is 10.3. The van der Waals surface area contributed by atoms with Gasteiger partial charge in [-0.2, -0.15) is 0 Å². The maximum Gasteiger partial charge on any atom is 0.330 e. The van der Waals surface area contributed by atoms with Crippen molar-refractivity contribution in [3.05, 3.63) is 12.2 Å². The standard InChI is InChI=1S/C10H16O3/c1-8(11)4-2-5-9-6-3-7-10(12)13-9/h3,7-9,11H,2,4-6H2,1H3/t8?,9-/m0/s1. The maximum absolute atomic E-state index is 10.8. The van der Waals surface area contributed by atoms with Crippen molar-refractivity contribution in [3.8, 4) is 0 Å². The van der Waals surface area contributed by atoms with Crippen LogP contribution >= 0.6 is 0 Å². The molecular formula is C10H16O3. The van der Waals surface area contributed by atoms with E-state index in [9.17, 15) is 4.79 Å². The van der Waals surface area contributed by atoms with Gasteiger partial charge in [-0.3, -0.25) is 0 Å². The van der Waals surface area contributed by atoms with Gasteiger partial charge in [-0.1, -0.05) is 6.08 Å². The van der Waals surface area contributed by atoms with E-state index in [0.29, 0.717) is 0 Å². The summed E-state index contributed by atoms with van der Waals surface area (Å²) in [5, 5.41) is 9.01. The zero-order chi connectivity index (χ0) is 9.68. The molecule has 13 heavy (non-hydrogen) atoms. The molecule has 0 aliphatic carbocycles. The Labute approximate surface area is 78.4 Å². The summed E-state index contributed by atoms with van der Waals surface area (Å²) in [6.45, 7) is 1.77. The summed E-state index contributed by atoms with van der Waals surface area (Å²) in [7, 11) is 0. The molecule has 0 saturated heterocycles. The van der Waals surface area contributed by atoms with Gasteiger partial charge in [0, 0.05) is 12.5 Å². The number of aliphatic hydroxyl groups excluding tert-OH is 1. The third-order valence-corrected chi connectivity index (χ3v) is 2.08. The lowest BCUT2D eigenvalue weighted by atomic mass is 10.1. The second-order valence-electron chi connectivity index (χ2n) is 3.48. The number of cyclic esters (lactones) is 1. The molecule has 0 aromatic rings. The fourth-order valence-electron chi connectivity index (χ4n) is 1.39. The van der Waals surface area contributed by atoms with Crippen LogP contribution in [0, 0.1) is 0 Å². The van der Waals surface area contributed by atoms with E-state index in [4.69, 9.17) is 9.84 Å². The van der Waals surface area contributed by atoms with E-state index in [-0.39, 0.29) is 18.2 Å². The lowest BCUT2D eigenvalue weighted by Gasteiger charge is -2.18. The van der Waals surface area contributed by atoms with Gasteiger partial charge in [-0.05, 0) is 26.2 Å². The Kier molecular flexibility index (Phi) is 3.96. The highest BCUT2D eigenvalue weighted by molar-refractivity contribution is 5.82. The van der Waals surface area contributed by atoms with Crippen molar-refractivity contribution in [2.24, 2.45) is 0 Å². The zero-order valence-electron chi connectivity index (χ0n) is 7.90. The van der Waals surface area contributed by atoms with E-state index in [1.165, 1.54) is 6.08 Å². The fourth-order valence-corrected chi connectivity index (χ4v) is 1.39. The first-order chi connectivity index (χ1) is 6.18. The van der Waals surface area contributed by atoms with Crippen molar-refractivity contribution in [1.82, 2.24) is 0 Å². The molecule has 0 aromatic heterocycles. The van der Waals surface area contributed by atoms with Crippen LogP contribution in [0.3, 0.4) is 0 Å². The van der Waals surface area contributed by atoms with E-state index < -0.39 is 0 Å². The molecule has 74 valence electrons. The molecule has 1 aliphatic rings. The molecule has 0 bridgehead atoms. The molecule has 1 aliphatic heterocycles. The molecule has 0 radical (unpaired) electrons. The first-order valence-corrected chi connectivity index (χ1v) is 4.73. The molecule has 3 nitrogen and oxygen atoms in total. The Bertz CT molecular complexity index is 196. The first-order valence-electron chi connectivity index (χ1n) is 4.73. The summed E-state index contributed by atoms with van der Waals surface area (Å²) < 4.78 is 5.06. The minimum absolute atomic E-state index is 0.0243. The summed E-state index contributed by atoms with van der Waals surface area (Å²) in [6.07, 6.45) is 6.42. The van der Waals surface area contributed by atoms with E-state index in [1.54, 1.807) is 6.92 Å². The number of carbonyl (C=O) groups excluding carboxylic acids is 1. The largest absolute Gasteiger partial charge is 0.459 e. The van der Waals surface area contributed by atoms with Crippen molar-refractivity contribution in [2.45, 2.75) is 44.8 Å². The average Bonchev–Trinajstić information content (AvgIpc) is 2.03. The highest BCUT2D eigenvalue weighted by atomic mass is 16.5. The molecule has 0 fully saturated rings. The van der Waals surface area contributed by atoms with Gasteiger partial charge in [0.15, 0.2) is 0 Å². The predicted octanol–water partition coefficient (Wildman–Crippen LogP) is 1.41. The number of rotatable bonds is 4. The Hall–Kier alpha value is -0.830. The van der Waals surface area contributed by atoms with E-state index >= 15 is 0 Å². The van der Waals surface area contributed by atoms with Gasteiger partial charge in [0.1, 0.15) is 6.10 Å². The van der Waals surface area contributed by atoms with Crippen LogP contribution in [0.5, 0.6) is 0 Å². The lowest BCUT2D eigenvalue weighted by Crippen LogP contribution is -2.20. The molecule has 1 N–H and O–H groups in total. The Morgan fingerprint density at radius 2 is 2.54 bits per heavy atom. The molecule has 0 saturated carbocycles. The third kappa shape index (κ3) is 4.08. The van der Waals surface area contributed by atoms with Gasteiger partial charge in [0.05, 0.1) is 6.10 Å². The average molecular weight is 184 g/mol. The van der Waals surface area contributed by atoms with Gasteiger partial charge in [-0.15, -0.1) is 0 Å². The van der Waals surface area contributed by atoms with Gasteiger partial charge < -0.3 is 9.84 Å². The second-order valence-corrected chi connectivity index (χ2v) is 3.48.